The van der Waals surface area contributed by atoms with Crippen molar-refractivity contribution < 1.29 is 9.47 Å². The Morgan fingerprint density at radius 2 is 2.11 bits per heavy atom. The molecule has 0 radical (unpaired) electrons. The Balaban J connectivity index is 2.00. The molecule has 18 heavy (non-hydrogen) atoms. The summed E-state index contributed by atoms with van der Waals surface area (Å²) in [5.74, 6) is 2.24. The largest absolute Gasteiger partial charge is 0.492 e. The van der Waals surface area contributed by atoms with Crippen LogP contribution < -0.4 is 4.74 Å². The fourth-order valence-electron chi connectivity index (χ4n) is 2.36. The van der Waals surface area contributed by atoms with E-state index in [1.165, 1.54) is 0 Å². The molecule has 2 heterocycles. The molecule has 0 bridgehead atoms. The SMILES string of the molecule is COc1c(I)ccn2c(C3CC(OC)C3)nnc12. The molecule has 1 saturated carbocycles. The van der Waals surface area contributed by atoms with Gasteiger partial charge < -0.3 is 9.47 Å². The van der Waals surface area contributed by atoms with Crippen LogP contribution >= 0.6 is 22.6 Å². The van der Waals surface area contributed by atoms with Gasteiger partial charge in [0.2, 0.25) is 5.65 Å². The summed E-state index contributed by atoms with van der Waals surface area (Å²) < 4.78 is 13.8. The Hall–Kier alpha value is -0.890. The lowest BCUT2D eigenvalue weighted by molar-refractivity contribution is 0.0234. The molecule has 3 rings (SSSR count). The van der Waals surface area contributed by atoms with Crippen LogP contribution in [0.5, 0.6) is 5.75 Å². The third kappa shape index (κ3) is 1.78. The summed E-state index contributed by atoms with van der Waals surface area (Å²) >= 11 is 2.24. The second-order valence-corrected chi connectivity index (χ2v) is 5.64. The molecule has 0 amide bonds. The van der Waals surface area contributed by atoms with Crippen LogP contribution in [0.15, 0.2) is 12.3 Å². The van der Waals surface area contributed by atoms with E-state index in [1.807, 2.05) is 16.7 Å². The van der Waals surface area contributed by atoms with Crippen LogP contribution in [0, 0.1) is 3.57 Å². The van der Waals surface area contributed by atoms with Crippen molar-refractivity contribution in [1.82, 2.24) is 14.6 Å². The van der Waals surface area contributed by atoms with Crippen LogP contribution in [0.25, 0.3) is 5.65 Å². The van der Waals surface area contributed by atoms with Crippen molar-refractivity contribution in [3.63, 3.8) is 0 Å². The van der Waals surface area contributed by atoms with Crippen molar-refractivity contribution in [1.29, 1.82) is 0 Å². The maximum Gasteiger partial charge on any atom is 0.204 e. The smallest absolute Gasteiger partial charge is 0.204 e. The third-order valence-electron chi connectivity index (χ3n) is 3.51. The highest BCUT2D eigenvalue weighted by Gasteiger charge is 2.34. The summed E-state index contributed by atoms with van der Waals surface area (Å²) in [4.78, 5) is 0. The minimum Gasteiger partial charge on any atom is -0.492 e. The molecule has 2 aromatic heterocycles. The monoisotopic (exact) mass is 359 g/mol. The maximum atomic E-state index is 5.39. The molecular weight excluding hydrogens is 345 g/mol. The fourth-order valence-corrected chi connectivity index (χ4v) is 2.99. The first-order chi connectivity index (χ1) is 8.74. The van der Waals surface area contributed by atoms with Crippen LogP contribution in [-0.4, -0.2) is 34.9 Å². The van der Waals surface area contributed by atoms with Gasteiger partial charge in [0.15, 0.2) is 5.75 Å². The van der Waals surface area contributed by atoms with Gasteiger partial charge in [-0.1, -0.05) is 0 Å². The first-order valence-electron chi connectivity index (χ1n) is 5.84. The van der Waals surface area contributed by atoms with E-state index < -0.39 is 0 Å². The number of fused-ring (bicyclic) bond motifs is 1. The molecule has 1 aliphatic carbocycles. The number of pyridine rings is 1. The molecule has 0 unspecified atom stereocenters. The highest BCUT2D eigenvalue weighted by atomic mass is 127. The Morgan fingerprint density at radius 1 is 1.33 bits per heavy atom. The van der Waals surface area contributed by atoms with Crippen LogP contribution in [0.1, 0.15) is 24.6 Å². The second-order valence-electron chi connectivity index (χ2n) is 4.47. The quantitative estimate of drug-likeness (QED) is 0.789. The molecule has 2 aromatic rings. The molecule has 0 atom stereocenters. The lowest BCUT2D eigenvalue weighted by Crippen LogP contribution is -2.29. The molecule has 1 aliphatic rings. The molecule has 0 N–H and O–H groups in total. The molecule has 96 valence electrons. The number of ether oxygens (including phenoxy) is 2. The van der Waals surface area contributed by atoms with Crippen LogP contribution in [0.4, 0.5) is 0 Å². The normalized spacial score (nSPS) is 23.1. The van der Waals surface area contributed by atoms with Crippen molar-refractivity contribution in [3.05, 3.63) is 21.7 Å². The summed E-state index contributed by atoms with van der Waals surface area (Å²) in [5, 5.41) is 8.56. The first-order valence-corrected chi connectivity index (χ1v) is 6.92. The van der Waals surface area contributed by atoms with E-state index in [9.17, 15) is 0 Å². The third-order valence-corrected chi connectivity index (χ3v) is 4.36. The van der Waals surface area contributed by atoms with E-state index in [-0.39, 0.29) is 0 Å². The van der Waals surface area contributed by atoms with Crippen LogP contribution in [0.2, 0.25) is 0 Å². The average Bonchev–Trinajstić information content (AvgIpc) is 2.72. The lowest BCUT2D eigenvalue weighted by Gasteiger charge is -2.32. The summed E-state index contributed by atoms with van der Waals surface area (Å²) in [5.41, 5.74) is 0.792. The minimum absolute atomic E-state index is 0.369. The van der Waals surface area contributed by atoms with Gasteiger partial charge in [-0.2, -0.15) is 0 Å². The highest BCUT2D eigenvalue weighted by Crippen LogP contribution is 2.38. The van der Waals surface area contributed by atoms with E-state index in [1.54, 1.807) is 14.2 Å². The molecule has 0 aliphatic heterocycles. The molecule has 6 heteroatoms. The zero-order valence-electron chi connectivity index (χ0n) is 10.3. The molecule has 0 spiro atoms. The van der Waals surface area contributed by atoms with Gasteiger partial charge in [0.1, 0.15) is 5.82 Å². The van der Waals surface area contributed by atoms with Crippen molar-refractivity contribution >= 4 is 28.2 Å². The Kier molecular flexibility index (Phi) is 3.14. The first kappa shape index (κ1) is 12.2. The fraction of sp³-hybridized carbons (Fsp3) is 0.500. The number of hydrogen-bond acceptors (Lipinski definition) is 4. The number of rotatable bonds is 3. The van der Waals surface area contributed by atoms with Gasteiger partial charge >= 0.3 is 0 Å². The van der Waals surface area contributed by atoms with Crippen molar-refractivity contribution in [2.45, 2.75) is 24.9 Å². The molecule has 1 fully saturated rings. The van der Waals surface area contributed by atoms with Crippen molar-refractivity contribution in [2.75, 3.05) is 14.2 Å². The van der Waals surface area contributed by atoms with E-state index in [4.69, 9.17) is 9.47 Å². The van der Waals surface area contributed by atoms with Gasteiger partial charge in [-0.25, -0.2) is 0 Å². The summed E-state index contributed by atoms with van der Waals surface area (Å²) in [6, 6.07) is 2.02. The Morgan fingerprint density at radius 3 is 2.78 bits per heavy atom. The minimum atomic E-state index is 0.369. The zero-order valence-corrected chi connectivity index (χ0v) is 12.4. The zero-order chi connectivity index (χ0) is 12.7. The van der Waals surface area contributed by atoms with Crippen molar-refractivity contribution in [2.24, 2.45) is 0 Å². The maximum absolute atomic E-state index is 5.39. The number of nitrogens with zero attached hydrogens (tertiary/aromatic N) is 3. The number of methoxy groups -OCH3 is 2. The van der Waals surface area contributed by atoms with Gasteiger partial charge in [-0.05, 0) is 41.5 Å². The lowest BCUT2D eigenvalue weighted by atomic mass is 9.81. The number of hydrogen-bond donors (Lipinski definition) is 0. The second kappa shape index (κ2) is 4.65. The van der Waals surface area contributed by atoms with E-state index in [2.05, 4.69) is 32.8 Å². The predicted octanol–water partition coefficient (Wildman–Crippen LogP) is 2.23. The summed E-state index contributed by atoms with van der Waals surface area (Å²) in [6.07, 6.45) is 4.42. The highest BCUT2D eigenvalue weighted by molar-refractivity contribution is 14.1. The number of aromatic nitrogens is 3. The van der Waals surface area contributed by atoms with Crippen molar-refractivity contribution in [3.8, 4) is 5.75 Å². The van der Waals surface area contributed by atoms with Gasteiger partial charge in [0.25, 0.3) is 0 Å². The van der Waals surface area contributed by atoms with E-state index in [0.29, 0.717) is 12.0 Å². The standard InChI is InChI=1S/C12H14IN3O2/c1-17-8-5-7(6-8)11-14-15-12-10(18-2)9(13)3-4-16(11)12/h3-4,7-8H,5-6H2,1-2H3. The molecule has 5 nitrogen and oxygen atoms in total. The average molecular weight is 359 g/mol. The molecular formula is C12H14IN3O2. The van der Waals surface area contributed by atoms with Gasteiger partial charge in [0.05, 0.1) is 16.8 Å². The topological polar surface area (TPSA) is 48.7 Å². The van der Waals surface area contributed by atoms with Crippen LogP contribution in [0.3, 0.4) is 0 Å². The number of halogens is 1. The van der Waals surface area contributed by atoms with E-state index >= 15 is 0 Å². The Bertz CT molecular complexity index is 578. The summed E-state index contributed by atoms with van der Waals surface area (Å²) in [7, 11) is 3.42. The van der Waals surface area contributed by atoms with Gasteiger partial charge in [-0.3, -0.25) is 4.40 Å². The Labute approximate surface area is 119 Å². The van der Waals surface area contributed by atoms with Crippen LogP contribution in [-0.2, 0) is 4.74 Å². The van der Waals surface area contributed by atoms with Gasteiger partial charge in [0, 0.05) is 19.2 Å². The molecule has 0 saturated heterocycles. The summed E-state index contributed by atoms with van der Waals surface area (Å²) in [6.45, 7) is 0. The van der Waals surface area contributed by atoms with Gasteiger partial charge in [-0.15, -0.1) is 10.2 Å². The van der Waals surface area contributed by atoms with E-state index in [0.717, 1.165) is 33.6 Å². The predicted molar refractivity (Wildman–Crippen MR) is 75.0 cm³/mol. The molecule has 0 aromatic carbocycles.